The third kappa shape index (κ3) is 5.19. The first-order valence-electron chi connectivity index (χ1n) is 7.95. The molecule has 6 heteroatoms. The van der Waals surface area contributed by atoms with Gasteiger partial charge in [0.2, 0.25) is 0 Å². The summed E-state index contributed by atoms with van der Waals surface area (Å²) >= 11 is 0. The maximum atomic E-state index is 12.1. The van der Waals surface area contributed by atoms with Crippen LogP contribution < -0.4 is 10.6 Å². The summed E-state index contributed by atoms with van der Waals surface area (Å²) in [5.74, 6) is -0.482. The zero-order valence-electron chi connectivity index (χ0n) is 12.5. The molecular formula is C15H26N2O4. The van der Waals surface area contributed by atoms with Crippen LogP contribution in [0.5, 0.6) is 0 Å². The van der Waals surface area contributed by atoms with Crippen LogP contribution in [0.25, 0.3) is 0 Å². The number of urea groups is 1. The van der Waals surface area contributed by atoms with Crippen molar-refractivity contribution in [2.45, 2.75) is 56.9 Å². The largest absolute Gasteiger partial charge is 0.481 e. The van der Waals surface area contributed by atoms with Gasteiger partial charge >= 0.3 is 12.0 Å². The molecule has 2 aliphatic rings. The molecule has 2 fully saturated rings. The Morgan fingerprint density at radius 1 is 1.19 bits per heavy atom. The fourth-order valence-corrected chi connectivity index (χ4v) is 3.35. The SMILES string of the molecule is O=C(O)CC1(NC(=O)NCC2CCCOC2)CCCCC1. The van der Waals surface area contributed by atoms with Gasteiger partial charge in [0.05, 0.1) is 18.6 Å². The Morgan fingerprint density at radius 2 is 1.95 bits per heavy atom. The predicted octanol–water partition coefficient (Wildman–Crippen LogP) is 1.89. The van der Waals surface area contributed by atoms with Crippen molar-refractivity contribution in [3.63, 3.8) is 0 Å². The highest BCUT2D eigenvalue weighted by Crippen LogP contribution is 2.31. The first-order valence-corrected chi connectivity index (χ1v) is 7.95. The Kier molecular flexibility index (Phi) is 5.85. The standard InChI is InChI=1S/C15H26N2O4/c18-13(19)9-15(6-2-1-3-7-15)17-14(20)16-10-12-5-4-8-21-11-12/h12H,1-11H2,(H,18,19)(H2,16,17,20). The van der Waals surface area contributed by atoms with E-state index in [0.717, 1.165) is 51.6 Å². The number of carboxylic acid groups (broad SMARTS) is 1. The molecule has 0 spiro atoms. The summed E-state index contributed by atoms with van der Waals surface area (Å²) in [5, 5.41) is 14.9. The van der Waals surface area contributed by atoms with E-state index >= 15 is 0 Å². The molecule has 2 amide bonds. The van der Waals surface area contributed by atoms with Crippen molar-refractivity contribution >= 4 is 12.0 Å². The van der Waals surface area contributed by atoms with Gasteiger partial charge in [-0.3, -0.25) is 4.79 Å². The Bertz CT molecular complexity index is 361. The fourth-order valence-electron chi connectivity index (χ4n) is 3.35. The quantitative estimate of drug-likeness (QED) is 0.723. The van der Waals surface area contributed by atoms with E-state index < -0.39 is 11.5 Å². The predicted molar refractivity (Wildman–Crippen MR) is 78.1 cm³/mol. The molecule has 0 aromatic carbocycles. The highest BCUT2D eigenvalue weighted by atomic mass is 16.5. The lowest BCUT2D eigenvalue weighted by atomic mass is 9.79. The summed E-state index contributed by atoms with van der Waals surface area (Å²) in [7, 11) is 0. The molecule has 1 saturated carbocycles. The number of aliphatic carboxylic acids is 1. The van der Waals surface area contributed by atoms with Crippen LogP contribution in [-0.2, 0) is 9.53 Å². The van der Waals surface area contributed by atoms with Crippen molar-refractivity contribution in [2.24, 2.45) is 5.92 Å². The van der Waals surface area contributed by atoms with Gasteiger partial charge in [0.25, 0.3) is 0 Å². The average molecular weight is 298 g/mol. The van der Waals surface area contributed by atoms with E-state index in [4.69, 9.17) is 9.84 Å². The summed E-state index contributed by atoms with van der Waals surface area (Å²) in [4.78, 5) is 23.2. The third-order valence-electron chi connectivity index (χ3n) is 4.48. The van der Waals surface area contributed by atoms with Gasteiger partial charge in [-0.25, -0.2) is 4.79 Å². The summed E-state index contributed by atoms with van der Waals surface area (Å²) in [6.07, 6.45) is 6.68. The highest BCUT2D eigenvalue weighted by Gasteiger charge is 2.35. The lowest BCUT2D eigenvalue weighted by Gasteiger charge is -2.37. The van der Waals surface area contributed by atoms with Gasteiger partial charge in [-0.05, 0) is 31.6 Å². The summed E-state index contributed by atoms with van der Waals surface area (Å²) in [6, 6.07) is -0.247. The first kappa shape index (κ1) is 16.1. The fraction of sp³-hybridized carbons (Fsp3) is 0.867. The molecule has 0 aromatic heterocycles. The van der Waals surface area contributed by atoms with Crippen molar-refractivity contribution in [1.82, 2.24) is 10.6 Å². The van der Waals surface area contributed by atoms with Gasteiger partial charge in [-0.15, -0.1) is 0 Å². The lowest BCUT2D eigenvalue weighted by Crippen LogP contribution is -2.54. The molecule has 3 N–H and O–H groups in total. The van der Waals surface area contributed by atoms with Gasteiger partial charge in [-0.1, -0.05) is 19.3 Å². The highest BCUT2D eigenvalue weighted by molar-refractivity contribution is 5.76. The monoisotopic (exact) mass is 298 g/mol. The number of carbonyl (C=O) groups is 2. The molecule has 1 saturated heterocycles. The minimum Gasteiger partial charge on any atom is -0.481 e. The Labute approximate surface area is 125 Å². The number of ether oxygens (including phenoxy) is 1. The van der Waals surface area contributed by atoms with Crippen LogP contribution in [0.4, 0.5) is 4.79 Å². The van der Waals surface area contributed by atoms with Crippen molar-refractivity contribution < 1.29 is 19.4 Å². The molecule has 1 aliphatic carbocycles. The average Bonchev–Trinajstić information content (AvgIpc) is 2.46. The molecule has 1 aliphatic heterocycles. The van der Waals surface area contributed by atoms with Gasteiger partial charge < -0.3 is 20.5 Å². The molecule has 0 bridgehead atoms. The van der Waals surface area contributed by atoms with Crippen LogP contribution in [0.1, 0.15) is 51.4 Å². The molecule has 120 valence electrons. The van der Waals surface area contributed by atoms with E-state index in [1.807, 2.05) is 0 Å². The molecule has 21 heavy (non-hydrogen) atoms. The van der Waals surface area contributed by atoms with E-state index in [1.165, 1.54) is 0 Å². The minimum atomic E-state index is -0.849. The van der Waals surface area contributed by atoms with Crippen molar-refractivity contribution in [1.29, 1.82) is 0 Å². The van der Waals surface area contributed by atoms with E-state index in [0.29, 0.717) is 19.1 Å². The van der Waals surface area contributed by atoms with E-state index in [1.54, 1.807) is 0 Å². The van der Waals surface area contributed by atoms with Gasteiger partial charge in [-0.2, -0.15) is 0 Å². The number of nitrogens with one attached hydrogen (secondary N) is 2. The summed E-state index contributed by atoms with van der Waals surface area (Å²) < 4.78 is 5.39. The first-order chi connectivity index (χ1) is 10.1. The maximum Gasteiger partial charge on any atom is 0.315 e. The molecule has 1 heterocycles. The molecule has 1 unspecified atom stereocenters. The zero-order valence-corrected chi connectivity index (χ0v) is 12.5. The van der Waals surface area contributed by atoms with E-state index in [2.05, 4.69) is 10.6 Å². The van der Waals surface area contributed by atoms with Gasteiger partial charge in [0.1, 0.15) is 0 Å². The second-order valence-electron chi connectivity index (χ2n) is 6.33. The lowest BCUT2D eigenvalue weighted by molar-refractivity contribution is -0.139. The number of amides is 2. The zero-order chi connectivity index (χ0) is 15.1. The van der Waals surface area contributed by atoms with E-state index in [9.17, 15) is 9.59 Å². The molecule has 6 nitrogen and oxygen atoms in total. The minimum absolute atomic E-state index is 0.00690. The van der Waals surface area contributed by atoms with E-state index in [-0.39, 0.29) is 12.5 Å². The molecule has 1 atom stereocenters. The number of hydrogen-bond acceptors (Lipinski definition) is 3. The maximum absolute atomic E-state index is 12.1. The number of rotatable bonds is 5. The van der Waals surface area contributed by atoms with Crippen LogP contribution in [0, 0.1) is 5.92 Å². The van der Waals surface area contributed by atoms with Crippen molar-refractivity contribution in [3.05, 3.63) is 0 Å². The molecule has 2 rings (SSSR count). The summed E-state index contributed by atoms with van der Waals surface area (Å²) in [6.45, 7) is 2.10. The molecular weight excluding hydrogens is 272 g/mol. The third-order valence-corrected chi connectivity index (χ3v) is 4.48. The number of carboxylic acids is 1. The van der Waals surface area contributed by atoms with Crippen molar-refractivity contribution in [3.8, 4) is 0 Å². The van der Waals surface area contributed by atoms with Crippen LogP contribution in [0.15, 0.2) is 0 Å². The van der Waals surface area contributed by atoms with Crippen LogP contribution in [-0.4, -0.2) is 42.4 Å². The number of carbonyl (C=O) groups excluding carboxylic acids is 1. The topological polar surface area (TPSA) is 87.7 Å². The second kappa shape index (κ2) is 7.64. The Hall–Kier alpha value is -1.30. The second-order valence-corrected chi connectivity index (χ2v) is 6.33. The summed E-state index contributed by atoms with van der Waals surface area (Å²) in [5.41, 5.74) is -0.572. The van der Waals surface area contributed by atoms with Crippen molar-refractivity contribution in [2.75, 3.05) is 19.8 Å². The number of hydrogen-bond donors (Lipinski definition) is 3. The van der Waals surface area contributed by atoms with Crippen LogP contribution >= 0.6 is 0 Å². The molecule has 0 radical (unpaired) electrons. The Balaban J connectivity index is 1.81. The van der Waals surface area contributed by atoms with Gasteiger partial charge in [0.15, 0.2) is 0 Å². The molecule has 0 aromatic rings. The van der Waals surface area contributed by atoms with Crippen LogP contribution in [0.2, 0.25) is 0 Å². The normalized spacial score (nSPS) is 25.0. The smallest absolute Gasteiger partial charge is 0.315 e. The van der Waals surface area contributed by atoms with Gasteiger partial charge in [0, 0.05) is 13.2 Å². The Morgan fingerprint density at radius 3 is 2.57 bits per heavy atom. The van der Waals surface area contributed by atoms with Crippen LogP contribution in [0.3, 0.4) is 0 Å².